The van der Waals surface area contributed by atoms with E-state index in [0.29, 0.717) is 6.04 Å². The van der Waals surface area contributed by atoms with Crippen molar-refractivity contribution in [3.63, 3.8) is 0 Å². The van der Waals surface area contributed by atoms with Crippen LogP contribution in [-0.4, -0.2) is 4.98 Å². The molecule has 0 aliphatic heterocycles. The third-order valence-electron chi connectivity index (χ3n) is 3.26. The Morgan fingerprint density at radius 2 is 2.20 bits per heavy atom. The molecule has 4 heteroatoms. The van der Waals surface area contributed by atoms with Crippen molar-refractivity contribution < 1.29 is 4.42 Å². The highest BCUT2D eigenvalue weighted by atomic mass is 32.1. The van der Waals surface area contributed by atoms with Crippen LogP contribution in [0.15, 0.2) is 52.7 Å². The first kappa shape index (κ1) is 12.9. The van der Waals surface area contributed by atoms with Crippen LogP contribution in [0.5, 0.6) is 0 Å². The van der Waals surface area contributed by atoms with E-state index in [1.54, 1.807) is 17.5 Å². The Bertz CT molecular complexity index is 688. The van der Waals surface area contributed by atoms with E-state index in [0.717, 1.165) is 17.0 Å². The molecule has 0 radical (unpaired) electrons. The third kappa shape index (κ3) is 2.60. The highest BCUT2D eigenvalue weighted by molar-refractivity contribution is 7.10. The summed E-state index contributed by atoms with van der Waals surface area (Å²) in [5.74, 6) is 0.786. The Kier molecular flexibility index (Phi) is 3.56. The van der Waals surface area contributed by atoms with Gasteiger partial charge in [0, 0.05) is 16.1 Å². The number of thiophene rings is 1. The SMILES string of the molecule is Cc1ccsc1C(C)Nc1cccc(-c2cnco2)c1. The number of aryl methyl sites for hydroxylation is 1. The fourth-order valence-electron chi connectivity index (χ4n) is 2.26. The number of anilines is 1. The molecule has 1 aromatic carbocycles. The lowest BCUT2D eigenvalue weighted by Gasteiger charge is -2.15. The molecule has 0 saturated carbocycles. The standard InChI is InChI=1S/C16H16N2OS/c1-11-6-7-20-16(11)12(2)18-14-5-3-4-13(8-14)15-9-17-10-19-15/h3-10,12,18H,1-2H3. The molecule has 0 bridgehead atoms. The largest absolute Gasteiger partial charge is 0.444 e. The summed E-state index contributed by atoms with van der Waals surface area (Å²) in [4.78, 5) is 5.33. The molecule has 1 N–H and O–H groups in total. The van der Waals surface area contributed by atoms with E-state index < -0.39 is 0 Å². The molecular weight excluding hydrogens is 268 g/mol. The Balaban J connectivity index is 1.81. The second-order valence-electron chi connectivity index (χ2n) is 4.78. The van der Waals surface area contributed by atoms with Gasteiger partial charge < -0.3 is 9.73 Å². The minimum atomic E-state index is 0.292. The smallest absolute Gasteiger partial charge is 0.181 e. The molecule has 0 amide bonds. The minimum absolute atomic E-state index is 0.292. The average molecular weight is 284 g/mol. The van der Waals surface area contributed by atoms with Crippen LogP contribution in [0.1, 0.15) is 23.4 Å². The van der Waals surface area contributed by atoms with Gasteiger partial charge in [-0.3, -0.25) is 0 Å². The topological polar surface area (TPSA) is 38.1 Å². The highest BCUT2D eigenvalue weighted by Crippen LogP contribution is 2.28. The van der Waals surface area contributed by atoms with Crippen LogP contribution < -0.4 is 5.32 Å². The van der Waals surface area contributed by atoms with Gasteiger partial charge in [0.2, 0.25) is 0 Å². The first-order valence-corrected chi connectivity index (χ1v) is 7.41. The second-order valence-corrected chi connectivity index (χ2v) is 5.73. The van der Waals surface area contributed by atoms with Gasteiger partial charge in [0.25, 0.3) is 0 Å². The molecule has 0 saturated heterocycles. The van der Waals surface area contributed by atoms with E-state index in [1.807, 2.05) is 12.1 Å². The number of nitrogens with one attached hydrogen (secondary N) is 1. The van der Waals surface area contributed by atoms with E-state index in [9.17, 15) is 0 Å². The van der Waals surface area contributed by atoms with E-state index in [1.165, 1.54) is 16.8 Å². The van der Waals surface area contributed by atoms with Gasteiger partial charge in [-0.2, -0.15) is 0 Å². The molecule has 3 aromatic rings. The number of hydrogen-bond acceptors (Lipinski definition) is 4. The van der Waals surface area contributed by atoms with Crippen molar-refractivity contribution in [1.29, 1.82) is 0 Å². The van der Waals surface area contributed by atoms with Gasteiger partial charge in [-0.05, 0) is 43.0 Å². The first-order valence-electron chi connectivity index (χ1n) is 6.53. The van der Waals surface area contributed by atoms with Crippen molar-refractivity contribution >= 4 is 17.0 Å². The summed E-state index contributed by atoms with van der Waals surface area (Å²) in [6, 6.07) is 10.6. The fourth-order valence-corrected chi connectivity index (χ4v) is 3.20. The van der Waals surface area contributed by atoms with Crippen molar-refractivity contribution in [3.8, 4) is 11.3 Å². The number of benzene rings is 1. The fraction of sp³-hybridized carbons (Fsp3) is 0.188. The molecule has 3 nitrogen and oxygen atoms in total. The van der Waals surface area contributed by atoms with E-state index in [-0.39, 0.29) is 0 Å². The van der Waals surface area contributed by atoms with E-state index in [2.05, 4.69) is 47.7 Å². The van der Waals surface area contributed by atoms with Gasteiger partial charge >= 0.3 is 0 Å². The average Bonchev–Trinajstić information content (AvgIpc) is 3.09. The third-order valence-corrected chi connectivity index (χ3v) is 4.46. The molecule has 2 heterocycles. The molecule has 2 aromatic heterocycles. The summed E-state index contributed by atoms with van der Waals surface area (Å²) in [6.45, 7) is 4.33. The molecule has 0 fully saturated rings. The number of hydrogen-bond donors (Lipinski definition) is 1. The number of rotatable bonds is 4. The van der Waals surface area contributed by atoms with Crippen LogP contribution in [-0.2, 0) is 0 Å². The van der Waals surface area contributed by atoms with Crippen molar-refractivity contribution in [2.24, 2.45) is 0 Å². The lowest BCUT2D eigenvalue weighted by atomic mass is 10.1. The summed E-state index contributed by atoms with van der Waals surface area (Å²) in [5, 5.41) is 5.67. The predicted octanol–water partition coefficient (Wildman–Crippen LogP) is 4.88. The van der Waals surface area contributed by atoms with Gasteiger partial charge in [-0.1, -0.05) is 12.1 Å². The van der Waals surface area contributed by atoms with Gasteiger partial charge in [-0.15, -0.1) is 11.3 Å². The lowest BCUT2D eigenvalue weighted by Crippen LogP contribution is -2.05. The summed E-state index contributed by atoms with van der Waals surface area (Å²) in [5.41, 5.74) is 3.45. The Hall–Kier alpha value is -2.07. The molecule has 3 rings (SSSR count). The molecule has 1 atom stereocenters. The zero-order valence-electron chi connectivity index (χ0n) is 11.5. The Labute approximate surface area is 122 Å². The normalized spacial score (nSPS) is 12.3. The second kappa shape index (κ2) is 5.51. The molecule has 0 spiro atoms. The van der Waals surface area contributed by atoms with Gasteiger partial charge in [-0.25, -0.2) is 4.98 Å². The summed E-state index contributed by atoms with van der Waals surface area (Å²) >= 11 is 1.79. The van der Waals surface area contributed by atoms with Gasteiger partial charge in [0.15, 0.2) is 12.2 Å². The van der Waals surface area contributed by atoms with Crippen LogP contribution >= 0.6 is 11.3 Å². The maximum absolute atomic E-state index is 5.33. The van der Waals surface area contributed by atoms with E-state index >= 15 is 0 Å². The predicted molar refractivity (Wildman–Crippen MR) is 83.0 cm³/mol. The Morgan fingerprint density at radius 1 is 1.30 bits per heavy atom. The minimum Gasteiger partial charge on any atom is -0.444 e. The van der Waals surface area contributed by atoms with Gasteiger partial charge in [0.05, 0.1) is 12.2 Å². The zero-order chi connectivity index (χ0) is 13.9. The monoisotopic (exact) mass is 284 g/mol. The van der Waals surface area contributed by atoms with Gasteiger partial charge in [0.1, 0.15) is 0 Å². The van der Waals surface area contributed by atoms with Crippen LogP contribution in [0.25, 0.3) is 11.3 Å². The maximum atomic E-state index is 5.33. The van der Waals surface area contributed by atoms with Crippen LogP contribution in [0.4, 0.5) is 5.69 Å². The zero-order valence-corrected chi connectivity index (χ0v) is 12.3. The lowest BCUT2D eigenvalue weighted by molar-refractivity contribution is 0.572. The van der Waals surface area contributed by atoms with Crippen molar-refractivity contribution in [2.45, 2.75) is 19.9 Å². The van der Waals surface area contributed by atoms with E-state index in [4.69, 9.17) is 4.42 Å². The molecule has 20 heavy (non-hydrogen) atoms. The first-order chi connectivity index (χ1) is 9.74. The van der Waals surface area contributed by atoms with Crippen LogP contribution in [0, 0.1) is 6.92 Å². The molecule has 0 aliphatic rings. The molecular formula is C16H16N2OS. The highest BCUT2D eigenvalue weighted by Gasteiger charge is 2.10. The molecule has 1 unspecified atom stereocenters. The van der Waals surface area contributed by atoms with Crippen molar-refractivity contribution in [3.05, 3.63) is 58.7 Å². The molecule has 0 aliphatic carbocycles. The quantitative estimate of drug-likeness (QED) is 0.741. The summed E-state index contributed by atoms with van der Waals surface area (Å²) in [6.07, 6.45) is 3.18. The van der Waals surface area contributed by atoms with Crippen molar-refractivity contribution in [1.82, 2.24) is 4.98 Å². The number of nitrogens with zero attached hydrogens (tertiary/aromatic N) is 1. The van der Waals surface area contributed by atoms with Crippen molar-refractivity contribution in [2.75, 3.05) is 5.32 Å². The molecule has 102 valence electrons. The number of oxazole rings is 1. The van der Waals surface area contributed by atoms with Crippen LogP contribution in [0.2, 0.25) is 0 Å². The number of aromatic nitrogens is 1. The summed E-state index contributed by atoms with van der Waals surface area (Å²) < 4.78 is 5.33. The Morgan fingerprint density at radius 3 is 2.90 bits per heavy atom. The summed E-state index contributed by atoms with van der Waals surface area (Å²) in [7, 11) is 0. The maximum Gasteiger partial charge on any atom is 0.181 e. The van der Waals surface area contributed by atoms with Crippen LogP contribution in [0.3, 0.4) is 0 Å².